The Bertz CT molecular complexity index is 776. The largest absolute Gasteiger partial charge is 0.321 e. The van der Waals surface area contributed by atoms with Crippen LogP contribution in [-0.2, 0) is 11.3 Å². The molecule has 2 aromatic carbocycles. The summed E-state index contributed by atoms with van der Waals surface area (Å²) in [5.74, 6) is -0.378. The number of amides is 1. The van der Waals surface area contributed by atoms with Crippen LogP contribution in [0.25, 0.3) is 0 Å². The van der Waals surface area contributed by atoms with Crippen molar-refractivity contribution in [3.63, 3.8) is 0 Å². The summed E-state index contributed by atoms with van der Waals surface area (Å²) >= 11 is 12.4. The average molecular weight is 382 g/mol. The van der Waals surface area contributed by atoms with Crippen LogP contribution in [0, 0.1) is 12.7 Å². The van der Waals surface area contributed by atoms with Gasteiger partial charge in [-0.3, -0.25) is 4.79 Å². The zero-order valence-corrected chi connectivity index (χ0v) is 15.4. The highest BCUT2D eigenvalue weighted by molar-refractivity contribution is 6.40. The van der Waals surface area contributed by atoms with E-state index in [1.165, 1.54) is 17.0 Å². The number of hydrogen-bond donors (Lipinski definition) is 2. The standard InChI is InChI=1S/C19H19Cl2FN2O/c1-12-2-9-16(20)19(18(12)21)23-17(25)11-24(15-7-8-15)10-13-3-5-14(22)6-4-13/h2-6,9,15H,7-8,10-11H2,1H3,(H,23,25)/p+1. The fraction of sp³-hybridized carbons (Fsp3) is 0.316. The third-order valence-corrected chi connectivity index (χ3v) is 5.24. The number of benzene rings is 2. The van der Waals surface area contributed by atoms with E-state index in [1.807, 2.05) is 13.0 Å². The number of carbonyl (C=O) groups excluding carboxylic acids is 1. The Labute approximate surface area is 156 Å². The van der Waals surface area contributed by atoms with Crippen LogP contribution in [0.15, 0.2) is 36.4 Å². The number of carbonyl (C=O) groups is 1. The maximum atomic E-state index is 13.1. The van der Waals surface area contributed by atoms with Crippen LogP contribution < -0.4 is 10.2 Å². The zero-order chi connectivity index (χ0) is 18.0. The van der Waals surface area contributed by atoms with Crippen molar-refractivity contribution >= 4 is 34.8 Å². The fourth-order valence-corrected chi connectivity index (χ4v) is 3.33. The van der Waals surface area contributed by atoms with Crippen molar-refractivity contribution in [1.82, 2.24) is 0 Å². The number of halogens is 3. The lowest BCUT2D eigenvalue weighted by molar-refractivity contribution is -0.916. The lowest BCUT2D eigenvalue weighted by Crippen LogP contribution is -3.13. The van der Waals surface area contributed by atoms with Gasteiger partial charge in [-0.1, -0.05) is 41.4 Å². The van der Waals surface area contributed by atoms with E-state index in [0.29, 0.717) is 34.9 Å². The molecule has 0 bridgehead atoms. The first kappa shape index (κ1) is 18.2. The van der Waals surface area contributed by atoms with E-state index in [-0.39, 0.29) is 11.7 Å². The van der Waals surface area contributed by atoms with Crippen molar-refractivity contribution < 1.29 is 14.1 Å². The molecule has 3 nitrogen and oxygen atoms in total. The zero-order valence-electron chi connectivity index (χ0n) is 13.9. The molecule has 2 N–H and O–H groups in total. The van der Waals surface area contributed by atoms with Crippen LogP contribution in [0.3, 0.4) is 0 Å². The summed E-state index contributed by atoms with van der Waals surface area (Å²) in [6.45, 7) is 2.88. The molecule has 0 aliphatic heterocycles. The van der Waals surface area contributed by atoms with Crippen LogP contribution in [0.5, 0.6) is 0 Å². The summed E-state index contributed by atoms with van der Waals surface area (Å²) in [6.07, 6.45) is 2.21. The van der Waals surface area contributed by atoms with Gasteiger partial charge in [-0.05, 0) is 30.7 Å². The molecular formula is C19H20Cl2FN2O+. The molecule has 1 aliphatic rings. The Morgan fingerprint density at radius 3 is 2.52 bits per heavy atom. The van der Waals surface area contributed by atoms with Gasteiger partial charge in [0.1, 0.15) is 12.4 Å². The van der Waals surface area contributed by atoms with Gasteiger partial charge < -0.3 is 10.2 Å². The average Bonchev–Trinajstić information content (AvgIpc) is 3.41. The molecule has 1 saturated carbocycles. The highest BCUT2D eigenvalue weighted by atomic mass is 35.5. The first-order chi connectivity index (χ1) is 11.9. The van der Waals surface area contributed by atoms with Gasteiger partial charge in [-0.2, -0.15) is 0 Å². The van der Waals surface area contributed by atoms with E-state index in [4.69, 9.17) is 23.2 Å². The molecular weight excluding hydrogens is 362 g/mol. The predicted molar refractivity (Wildman–Crippen MR) is 98.8 cm³/mol. The van der Waals surface area contributed by atoms with Crippen LogP contribution >= 0.6 is 23.2 Å². The third kappa shape index (κ3) is 4.72. The number of nitrogens with one attached hydrogen (secondary N) is 2. The van der Waals surface area contributed by atoms with Gasteiger partial charge in [0, 0.05) is 18.4 Å². The van der Waals surface area contributed by atoms with E-state index in [2.05, 4.69) is 5.32 Å². The molecule has 0 heterocycles. The van der Waals surface area contributed by atoms with Gasteiger partial charge in [-0.15, -0.1) is 0 Å². The van der Waals surface area contributed by atoms with E-state index < -0.39 is 0 Å². The second-order valence-corrected chi connectivity index (χ2v) is 7.30. The molecule has 2 aromatic rings. The predicted octanol–water partition coefficient (Wildman–Crippen LogP) is 3.63. The first-order valence-corrected chi connectivity index (χ1v) is 9.03. The van der Waals surface area contributed by atoms with Gasteiger partial charge in [0.2, 0.25) is 0 Å². The molecule has 6 heteroatoms. The summed E-state index contributed by atoms with van der Waals surface area (Å²) in [4.78, 5) is 13.7. The van der Waals surface area contributed by atoms with Crippen molar-refractivity contribution in [2.75, 3.05) is 11.9 Å². The fourth-order valence-electron chi connectivity index (χ4n) is 2.87. The van der Waals surface area contributed by atoms with Crippen molar-refractivity contribution in [3.05, 3.63) is 63.4 Å². The van der Waals surface area contributed by atoms with Gasteiger partial charge in [0.25, 0.3) is 5.91 Å². The monoisotopic (exact) mass is 381 g/mol. The van der Waals surface area contributed by atoms with E-state index in [1.54, 1.807) is 18.2 Å². The van der Waals surface area contributed by atoms with E-state index in [0.717, 1.165) is 24.0 Å². The number of quaternary nitrogens is 1. The third-order valence-electron chi connectivity index (χ3n) is 4.44. The number of anilines is 1. The SMILES string of the molecule is Cc1ccc(Cl)c(NC(=O)C[NH+](Cc2ccc(F)cc2)C2CC2)c1Cl. The lowest BCUT2D eigenvalue weighted by Gasteiger charge is -2.19. The molecule has 132 valence electrons. The topological polar surface area (TPSA) is 33.5 Å². The Kier molecular flexibility index (Phi) is 5.62. The summed E-state index contributed by atoms with van der Waals surface area (Å²) in [6, 6.07) is 10.4. The highest BCUT2D eigenvalue weighted by Gasteiger charge is 2.34. The van der Waals surface area contributed by atoms with Gasteiger partial charge in [-0.25, -0.2) is 4.39 Å². The lowest BCUT2D eigenvalue weighted by atomic mass is 10.2. The molecule has 3 rings (SSSR count). The normalized spacial score (nSPS) is 15.0. The summed E-state index contributed by atoms with van der Waals surface area (Å²) < 4.78 is 13.1. The molecule has 1 amide bonds. The van der Waals surface area contributed by atoms with Crippen molar-refractivity contribution in [2.45, 2.75) is 32.4 Å². The molecule has 1 fully saturated rings. The molecule has 0 spiro atoms. The summed E-state index contributed by atoms with van der Waals surface area (Å²) in [5, 5.41) is 3.74. The second kappa shape index (κ2) is 7.73. The Balaban J connectivity index is 1.67. The minimum atomic E-state index is -0.252. The molecule has 1 unspecified atom stereocenters. The highest BCUT2D eigenvalue weighted by Crippen LogP contribution is 2.32. The van der Waals surface area contributed by atoms with E-state index >= 15 is 0 Å². The summed E-state index contributed by atoms with van der Waals surface area (Å²) in [5.41, 5.74) is 2.34. The Hall–Kier alpha value is -1.62. The molecule has 1 atom stereocenters. The van der Waals surface area contributed by atoms with Crippen LogP contribution in [0.1, 0.15) is 24.0 Å². The van der Waals surface area contributed by atoms with Crippen molar-refractivity contribution in [1.29, 1.82) is 0 Å². The first-order valence-electron chi connectivity index (χ1n) is 8.27. The Morgan fingerprint density at radius 2 is 1.88 bits per heavy atom. The summed E-state index contributed by atoms with van der Waals surface area (Å²) in [7, 11) is 0. The number of aryl methyl sites for hydroxylation is 1. The van der Waals surface area contributed by atoms with Gasteiger partial charge >= 0.3 is 0 Å². The van der Waals surface area contributed by atoms with E-state index in [9.17, 15) is 9.18 Å². The van der Waals surface area contributed by atoms with Gasteiger partial charge in [0.15, 0.2) is 6.54 Å². The van der Waals surface area contributed by atoms with Gasteiger partial charge in [0.05, 0.1) is 21.8 Å². The van der Waals surface area contributed by atoms with Crippen LogP contribution in [0.4, 0.5) is 10.1 Å². The molecule has 0 radical (unpaired) electrons. The molecule has 1 aliphatic carbocycles. The van der Waals surface area contributed by atoms with Crippen molar-refractivity contribution in [3.8, 4) is 0 Å². The second-order valence-electron chi connectivity index (χ2n) is 6.51. The molecule has 0 aromatic heterocycles. The molecule has 25 heavy (non-hydrogen) atoms. The maximum Gasteiger partial charge on any atom is 0.279 e. The maximum absolute atomic E-state index is 13.1. The minimum Gasteiger partial charge on any atom is -0.321 e. The van der Waals surface area contributed by atoms with Crippen LogP contribution in [-0.4, -0.2) is 18.5 Å². The number of rotatable bonds is 6. The van der Waals surface area contributed by atoms with Crippen LogP contribution in [0.2, 0.25) is 10.0 Å². The number of hydrogen-bond acceptors (Lipinski definition) is 1. The Morgan fingerprint density at radius 1 is 1.20 bits per heavy atom. The smallest absolute Gasteiger partial charge is 0.279 e. The molecule has 0 saturated heterocycles. The minimum absolute atomic E-state index is 0.126. The van der Waals surface area contributed by atoms with Crippen molar-refractivity contribution in [2.24, 2.45) is 0 Å². The quantitative estimate of drug-likeness (QED) is 0.786.